The van der Waals surface area contributed by atoms with Crippen molar-refractivity contribution in [3.63, 3.8) is 0 Å². The van der Waals surface area contributed by atoms with Crippen LogP contribution in [-0.4, -0.2) is 24.5 Å². The zero-order chi connectivity index (χ0) is 24.7. The highest BCUT2D eigenvalue weighted by Crippen LogP contribution is 2.41. The number of rotatable bonds is 7. The molecule has 7 heteroatoms. The number of hydrogen-bond donors (Lipinski definition) is 0. The minimum atomic E-state index is -0.670. The number of aryl methyl sites for hydroxylation is 1. The summed E-state index contributed by atoms with van der Waals surface area (Å²) in [6.07, 6.45) is 1.56. The standard InChI is InChI=1S/C28H27NO6/c1-16(2)15-34-22-10-8-18(13-23(22)32-4)25-24-26(30)20-12-17(3)7-9-21(20)35-27(24)28(31)29(25)14-19-6-5-11-33-19/h5-13,16,25H,14-15H2,1-4H3/t25-/m1/s1. The normalized spacial score (nSPS) is 15.2. The van der Waals surface area contributed by atoms with Crippen LogP contribution in [0.3, 0.4) is 0 Å². The number of amides is 1. The third-order valence-electron chi connectivity index (χ3n) is 6.10. The number of carbonyl (C=O) groups is 1. The molecule has 1 aliphatic rings. The lowest BCUT2D eigenvalue weighted by Gasteiger charge is -2.25. The minimum absolute atomic E-state index is 0.0574. The Balaban J connectivity index is 1.67. The Bertz CT molecular complexity index is 1450. The third-order valence-corrected chi connectivity index (χ3v) is 6.10. The predicted octanol–water partition coefficient (Wildman–Crippen LogP) is 5.48. The molecule has 1 amide bonds. The van der Waals surface area contributed by atoms with Crippen molar-refractivity contribution in [3.8, 4) is 11.5 Å². The average molecular weight is 474 g/mol. The van der Waals surface area contributed by atoms with Gasteiger partial charge in [-0.05, 0) is 54.8 Å². The van der Waals surface area contributed by atoms with E-state index in [4.69, 9.17) is 18.3 Å². The second-order valence-corrected chi connectivity index (χ2v) is 9.20. The van der Waals surface area contributed by atoms with Gasteiger partial charge in [0.05, 0.1) is 43.5 Å². The van der Waals surface area contributed by atoms with Crippen molar-refractivity contribution < 1.29 is 23.1 Å². The maximum absolute atomic E-state index is 13.7. The zero-order valence-corrected chi connectivity index (χ0v) is 20.2. The summed E-state index contributed by atoms with van der Waals surface area (Å²) in [4.78, 5) is 28.9. The Morgan fingerprint density at radius 2 is 1.89 bits per heavy atom. The molecule has 3 heterocycles. The molecule has 1 aliphatic heterocycles. The van der Waals surface area contributed by atoms with Crippen LogP contribution >= 0.6 is 0 Å². The van der Waals surface area contributed by atoms with Gasteiger partial charge in [-0.1, -0.05) is 31.5 Å². The molecule has 35 heavy (non-hydrogen) atoms. The van der Waals surface area contributed by atoms with E-state index in [1.165, 1.54) is 0 Å². The van der Waals surface area contributed by atoms with Gasteiger partial charge in [0.1, 0.15) is 11.3 Å². The van der Waals surface area contributed by atoms with Crippen LogP contribution in [0.1, 0.15) is 52.9 Å². The van der Waals surface area contributed by atoms with Crippen molar-refractivity contribution in [2.45, 2.75) is 33.4 Å². The smallest absolute Gasteiger partial charge is 0.291 e. The van der Waals surface area contributed by atoms with Gasteiger partial charge >= 0.3 is 0 Å². The van der Waals surface area contributed by atoms with Crippen molar-refractivity contribution in [3.05, 3.63) is 93.2 Å². The van der Waals surface area contributed by atoms with Gasteiger partial charge in [-0.2, -0.15) is 0 Å². The quantitative estimate of drug-likeness (QED) is 0.353. The van der Waals surface area contributed by atoms with E-state index in [0.717, 1.165) is 11.1 Å². The van der Waals surface area contributed by atoms with Crippen LogP contribution in [0.15, 0.2) is 68.4 Å². The maximum atomic E-state index is 13.7. The molecule has 0 N–H and O–H groups in total. The summed E-state index contributed by atoms with van der Waals surface area (Å²) < 4.78 is 23.0. The summed E-state index contributed by atoms with van der Waals surface area (Å²) in [6, 6.07) is 13.8. The van der Waals surface area contributed by atoms with E-state index in [1.807, 2.05) is 31.2 Å². The Kier molecular flexibility index (Phi) is 5.84. The first-order chi connectivity index (χ1) is 16.9. The van der Waals surface area contributed by atoms with Gasteiger partial charge < -0.3 is 23.2 Å². The van der Waals surface area contributed by atoms with E-state index in [9.17, 15) is 9.59 Å². The highest BCUT2D eigenvalue weighted by molar-refractivity contribution is 5.99. The Labute approximate surface area is 202 Å². The molecule has 180 valence electrons. The highest BCUT2D eigenvalue weighted by atomic mass is 16.5. The Morgan fingerprint density at radius 3 is 2.60 bits per heavy atom. The molecular formula is C28H27NO6. The van der Waals surface area contributed by atoms with Crippen molar-refractivity contribution in [1.29, 1.82) is 0 Å². The molecule has 2 aromatic heterocycles. The van der Waals surface area contributed by atoms with Gasteiger partial charge in [-0.3, -0.25) is 9.59 Å². The fraction of sp³-hybridized carbons (Fsp3) is 0.286. The topological polar surface area (TPSA) is 82.1 Å². The van der Waals surface area contributed by atoms with Gasteiger partial charge in [0.2, 0.25) is 5.76 Å². The molecular weight excluding hydrogens is 446 g/mol. The third kappa shape index (κ3) is 4.07. The number of ether oxygens (including phenoxy) is 2. The van der Waals surface area contributed by atoms with Crippen LogP contribution in [-0.2, 0) is 6.54 Å². The molecule has 4 aromatic rings. The van der Waals surface area contributed by atoms with Crippen molar-refractivity contribution >= 4 is 16.9 Å². The fourth-order valence-electron chi connectivity index (χ4n) is 4.44. The van der Waals surface area contributed by atoms with Crippen LogP contribution in [0.2, 0.25) is 0 Å². The van der Waals surface area contributed by atoms with Crippen LogP contribution in [0.5, 0.6) is 11.5 Å². The number of nitrogens with zero attached hydrogens (tertiary/aromatic N) is 1. The molecule has 0 saturated carbocycles. The summed E-state index contributed by atoms with van der Waals surface area (Å²) in [5.41, 5.74) is 2.14. The van der Waals surface area contributed by atoms with E-state index in [0.29, 0.717) is 46.3 Å². The number of hydrogen-bond acceptors (Lipinski definition) is 6. The summed E-state index contributed by atoms with van der Waals surface area (Å²) in [6.45, 7) is 6.78. The highest BCUT2D eigenvalue weighted by Gasteiger charge is 2.43. The SMILES string of the molecule is COc1cc([C@@H]2c3c(oc4ccc(C)cc4c3=O)C(=O)N2Cc2ccco2)ccc1OCC(C)C. The lowest BCUT2D eigenvalue weighted by molar-refractivity contribution is 0.0701. The first kappa shape index (κ1) is 22.8. The first-order valence-electron chi connectivity index (χ1n) is 11.6. The Hall–Kier alpha value is -4.00. The lowest BCUT2D eigenvalue weighted by atomic mass is 9.97. The summed E-state index contributed by atoms with van der Waals surface area (Å²) in [5.74, 6) is 1.79. The first-order valence-corrected chi connectivity index (χ1v) is 11.6. The number of carbonyl (C=O) groups excluding carboxylic acids is 1. The molecule has 0 spiro atoms. The largest absolute Gasteiger partial charge is 0.493 e. The van der Waals surface area contributed by atoms with Gasteiger partial charge in [0.25, 0.3) is 5.91 Å². The average Bonchev–Trinajstić information content (AvgIpc) is 3.45. The van der Waals surface area contributed by atoms with Crippen molar-refractivity contribution in [1.82, 2.24) is 4.90 Å². The molecule has 1 atom stereocenters. The van der Waals surface area contributed by atoms with Crippen LogP contribution < -0.4 is 14.9 Å². The van der Waals surface area contributed by atoms with Crippen molar-refractivity contribution in [2.24, 2.45) is 5.92 Å². The Morgan fingerprint density at radius 1 is 1.06 bits per heavy atom. The van der Waals surface area contributed by atoms with Gasteiger partial charge in [0.15, 0.2) is 16.9 Å². The molecule has 0 unspecified atom stereocenters. The lowest BCUT2D eigenvalue weighted by Crippen LogP contribution is -2.29. The minimum Gasteiger partial charge on any atom is -0.493 e. The van der Waals surface area contributed by atoms with Gasteiger partial charge in [-0.25, -0.2) is 0 Å². The van der Waals surface area contributed by atoms with Gasteiger partial charge in [0, 0.05) is 0 Å². The number of benzene rings is 2. The molecule has 7 nitrogen and oxygen atoms in total. The molecule has 0 bridgehead atoms. The number of fused-ring (bicyclic) bond motifs is 2. The zero-order valence-electron chi connectivity index (χ0n) is 20.2. The molecule has 0 fully saturated rings. The van der Waals surface area contributed by atoms with Crippen LogP contribution in [0, 0.1) is 12.8 Å². The van der Waals surface area contributed by atoms with E-state index in [1.54, 1.807) is 42.5 Å². The van der Waals surface area contributed by atoms with Crippen LogP contribution in [0.4, 0.5) is 0 Å². The summed E-state index contributed by atoms with van der Waals surface area (Å²) >= 11 is 0. The van der Waals surface area contributed by atoms with E-state index in [2.05, 4.69) is 13.8 Å². The predicted molar refractivity (Wildman–Crippen MR) is 131 cm³/mol. The maximum Gasteiger partial charge on any atom is 0.291 e. The second kappa shape index (κ2) is 8.98. The van der Waals surface area contributed by atoms with Crippen LogP contribution in [0.25, 0.3) is 11.0 Å². The molecule has 0 radical (unpaired) electrons. The van der Waals surface area contributed by atoms with Crippen molar-refractivity contribution in [2.75, 3.05) is 13.7 Å². The number of furan rings is 1. The monoisotopic (exact) mass is 473 g/mol. The second-order valence-electron chi connectivity index (χ2n) is 9.20. The fourth-order valence-corrected chi connectivity index (χ4v) is 4.44. The molecule has 2 aromatic carbocycles. The molecule has 0 aliphatic carbocycles. The molecule has 5 rings (SSSR count). The van der Waals surface area contributed by atoms with E-state index in [-0.39, 0.29) is 23.6 Å². The van der Waals surface area contributed by atoms with E-state index < -0.39 is 6.04 Å². The summed E-state index contributed by atoms with van der Waals surface area (Å²) in [7, 11) is 1.57. The summed E-state index contributed by atoms with van der Waals surface area (Å²) in [5, 5.41) is 0.449. The number of methoxy groups -OCH3 is 1. The van der Waals surface area contributed by atoms with Gasteiger partial charge in [-0.15, -0.1) is 0 Å². The van der Waals surface area contributed by atoms with E-state index >= 15 is 0 Å². The molecule has 0 saturated heterocycles.